The molecule has 1 N–H and O–H groups in total. The number of halogens is 1. The van der Waals surface area contributed by atoms with Crippen LogP contribution in [0.2, 0.25) is 0 Å². The van der Waals surface area contributed by atoms with E-state index in [0.717, 1.165) is 25.2 Å². The molecule has 1 aromatic heterocycles. The number of anilines is 1. The molecule has 1 aromatic rings. The summed E-state index contributed by atoms with van der Waals surface area (Å²) >= 11 is 0. The van der Waals surface area contributed by atoms with E-state index in [1.807, 2.05) is 10.9 Å². The number of hydrogen-bond acceptors (Lipinski definition) is 2. The van der Waals surface area contributed by atoms with Gasteiger partial charge in [-0.15, -0.1) is 12.4 Å². The SMILES string of the molecule is CCCCCNc1cnn(CCC)c1.Cl. The summed E-state index contributed by atoms with van der Waals surface area (Å²) < 4.78 is 1.99. The largest absolute Gasteiger partial charge is 0.383 e. The van der Waals surface area contributed by atoms with Crippen LogP contribution in [0.4, 0.5) is 5.69 Å². The maximum atomic E-state index is 4.26. The Balaban J connectivity index is 0.00000196. The van der Waals surface area contributed by atoms with Gasteiger partial charge in [0, 0.05) is 19.3 Å². The van der Waals surface area contributed by atoms with E-state index in [4.69, 9.17) is 0 Å². The zero-order chi connectivity index (χ0) is 10.2. The van der Waals surface area contributed by atoms with Crippen molar-refractivity contribution in [2.24, 2.45) is 0 Å². The van der Waals surface area contributed by atoms with Crippen LogP contribution in [-0.2, 0) is 6.54 Å². The van der Waals surface area contributed by atoms with Crippen molar-refractivity contribution in [3.8, 4) is 0 Å². The minimum absolute atomic E-state index is 0. The molecule has 0 amide bonds. The number of rotatable bonds is 7. The van der Waals surface area contributed by atoms with Crippen LogP contribution in [0, 0.1) is 0 Å². The third kappa shape index (κ3) is 5.67. The van der Waals surface area contributed by atoms with E-state index in [-0.39, 0.29) is 12.4 Å². The van der Waals surface area contributed by atoms with Crippen LogP contribution < -0.4 is 5.32 Å². The van der Waals surface area contributed by atoms with Gasteiger partial charge in [0.05, 0.1) is 11.9 Å². The van der Waals surface area contributed by atoms with Crippen molar-refractivity contribution < 1.29 is 0 Å². The molecular weight excluding hydrogens is 210 g/mol. The molecule has 88 valence electrons. The van der Waals surface area contributed by atoms with Gasteiger partial charge in [0.25, 0.3) is 0 Å². The summed E-state index contributed by atoms with van der Waals surface area (Å²) in [6, 6.07) is 0. The molecule has 0 spiro atoms. The second kappa shape index (κ2) is 8.60. The van der Waals surface area contributed by atoms with E-state index in [9.17, 15) is 0 Å². The average Bonchev–Trinajstić information content (AvgIpc) is 2.61. The highest BCUT2D eigenvalue weighted by Gasteiger charge is 1.95. The molecule has 1 rings (SSSR count). The lowest BCUT2D eigenvalue weighted by molar-refractivity contribution is 0.603. The molecule has 0 saturated heterocycles. The molecule has 0 fully saturated rings. The summed E-state index contributed by atoms with van der Waals surface area (Å²) in [6.07, 6.45) is 8.94. The van der Waals surface area contributed by atoms with Crippen molar-refractivity contribution >= 4 is 18.1 Å². The topological polar surface area (TPSA) is 29.9 Å². The van der Waals surface area contributed by atoms with Gasteiger partial charge in [-0.05, 0) is 12.8 Å². The Labute approximate surface area is 98.7 Å². The van der Waals surface area contributed by atoms with Gasteiger partial charge in [0.2, 0.25) is 0 Å². The highest BCUT2D eigenvalue weighted by atomic mass is 35.5. The highest BCUT2D eigenvalue weighted by molar-refractivity contribution is 5.85. The first-order valence-corrected chi connectivity index (χ1v) is 5.63. The lowest BCUT2D eigenvalue weighted by Crippen LogP contribution is -2.00. The number of nitrogens with zero attached hydrogens (tertiary/aromatic N) is 2. The predicted molar refractivity (Wildman–Crippen MR) is 67.8 cm³/mol. The molecule has 0 bridgehead atoms. The number of aryl methyl sites for hydroxylation is 1. The summed E-state index contributed by atoms with van der Waals surface area (Å²) in [6.45, 7) is 6.46. The van der Waals surface area contributed by atoms with Crippen molar-refractivity contribution in [2.45, 2.75) is 46.1 Å². The average molecular weight is 232 g/mol. The Bertz CT molecular complexity index is 248. The van der Waals surface area contributed by atoms with Crippen LogP contribution in [0.25, 0.3) is 0 Å². The smallest absolute Gasteiger partial charge is 0.0726 e. The van der Waals surface area contributed by atoms with Crippen molar-refractivity contribution in [3.63, 3.8) is 0 Å². The number of unbranched alkanes of at least 4 members (excludes halogenated alkanes) is 2. The second-order valence-electron chi connectivity index (χ2n) is 3.63. The molecular formula is C11H22ClN3. The lowest BCUT2D eigenvalue weighted by Gasteiger charge is -2.01. The van der Waals surface area contributed by atoms with Crippen LogP contribution in [0.1, 0.15) is 39.5 Å². The van der Waals surface area contributed by atoms with Gasteiger partial charge in [0.15, 0.2) is 0 Å². The van der Waals surface area contributed by atoms with Gasteiger partial charge >= 0.3 is 0 Å². The maximum absolute atomic E-state index is 4.26. The monoisotopic (exact) mass is 231 g/mol. The van der Waals surface area contributed by atoms with Crippen LogP contribution in [0.3, 0.4) is 0 Å². The molecule has 0 aliphatic rings. The maximum Gasteiger partial charge on any atom is 0.0726 e. The van der Waals surface area contributed by atoms with E-state index in [0.29, 0.717) is 0 Å². The molecule has 1 heterocycles. The van der Waals surface area contributed by atoms with E-state index >= 15 is 0 Å². The standard InChI is InChI=1S/C11H21N3.ClH/c1-3-5-6-7-12-11-9-13-14(10-11)8-4-2;/h9-10,12H,3-8H2,1-2H3;1H. The van der Waals surface area contributed by atoms with Crippen LogP contribution >= 0.6 is 12.4 Å². The van der Waals surface area contributed by atoms with Crippen molar-refractivity contribution in [2.75, 3.05) is 11.9 Å². The van der Waals surface area contributed by atoms with E-state index in [1.54, 1.807) is 0 Å². The van der Waals surface area contributed by atoms with E-state index < -0.39 is 0 Å². The quantitative estimate of drug-likeness (QED) is 0.730. The zero-order valence-electron chi connectivity index (χ0n) is 9.70. The normalized spacial score (nSPS) is 9.73. The van der Waals surface area contributed by atoms with Gasteiger partial charge in [0.1, 0.15) is 0 Å². The molecule has 3 nitrogen and oxygen atoms in total. The van der Waals surface area contributed by atoms with Gasteiger partial charge in [-0.1, -0.05) is 26.7 Å². The van der Waals surface area contributed by atoms with Crippen molar-refractivity contribution in [1.29, 1.82) is 0 Å². The molecule has 0 radical (unpaired) electrons. The first-order chi connectivity index (χ1) is 6.86. The molecule has 4 heteroatoms. The van der Waals surface area contributed by atoms with Crippen LogP contribution in [0.5, 0.6) is 0 Å². The summed E-state index contributed by atoms with van der Waals surface area (Å²) in [5.41, 5.74) is 1.15. The first-order valence-electron chi connectivity index (χ1n) is 5.63. The Kier molecular flexibility index (Phi) is 8.19. The molecule has 15 heavy (non-hydrogen) atoms. The molecule has 0 saturated carbocycles. The van der Waals surface area contributed by atoms with Gasteiger partial charge in [-0.25, -0.2) is 0 Å². The van der Waals surface area contributed by atoms with Gasteiger partial charge < -0.3 is 5.32 Å². The number of hydrogen-bond donors (Lipinski definition) is 1. The second-order valence-corrected chi connectivity index (χ2v) is 3.63. The fourth-order valence-electron chi connectivity index (χ4n) is 1.41. The zero-order valence-corrected chi connectivity index (χ0v) is 10.5. The van der Waals surface area contributed by atoms with E-state index in [1.165, 1.54) is 19.3 Å². The van der Waals surface area contributed by atoms with Gasteiger partial charge in [-0.2, -0.15) is 5.10 Å². The van der Waals surface area contributed by atoms with Crippen LogP contribution in [0.15, 0.2) is 12.4 Å². The first kappa shape index (κ1) is 14.3. The van der Waals surface area contributed by atoms with Crippen molar-refractivity contribution in [1.82, 2.24) is 9.78 Å². The summed E-state index contributed by atoms with van der Waals surface area (Å²) in [7, 11) is 0. The predicted octanol–water partition coefficient (Wildman–Crippen LogP) is 3.32. The summed E-state index contributed by atoms with van der Waals surface area (Å²) in [5.74, 6) is 0. The molecule has 0 unspecified atom stereocenters. The number of aromatic nitrogens is 2. The fraction of sp³-hybridized carbons (Fsp3) is 0.727. The van der Waals surface area contributed by atoms with E-state index in [2.05, 4.69) is 30.5 Å². The fourth-order valence-corrected chi connectivity index (χ4v) is 1.41. The van der Waals surface area contributed by atoms with Crippen LogP contribution in [-0.4, -0.2) is 16.3 Å². The molecule has 0 aromatic carbocycles. The molecule has 0 aliphatic heterocycles. The Hall–Kier alpha value is -0.700. The lowest BCUT2D eigenvalue weighted by atomic mass is 10.2. The van der Waals surface area contributed by atoms with Crippen molar-refractivity contribution in [3.05, 3.63) is 12.4 Å². The molecule has 0 aliphatic carbocycles. The Morgan fingerprint density at radius 2 is 2.07 bits per heavy atom. The summed E-state index contributed by atoms with van der Waals surface area (Å²) in [5, 5.41) is 7.63. The Morgan fingerprint density at radius 3 is 2.73 bits per heavy atom. The third-order valence-corrected chi connectivity index (χ3v) is 2.20. The minimum atomic E-state index is 0. The Morgan fingerprint density at radius 1 is 1.27 bits per heavy atom. The number of nitrogens with one attached hydrogen (secondary N) is 1. The third-order valence-electron chi connectivity index (χ3n) is 2.20. The minimum Gasteiger partial charge on any atom is -0.383 e. The summed E-state index contributed by atoms with van der Waals surface area (Å²) in [4.78, 5) is 0. The van der Waals surface area contributed by atoms with Gasteiger partial charge in [-0.3, -0.25) is 4.68 Å². The molecule has 0 atom stereocenters. The highest BCUT2D eigenvalue weighted by Crippen LogP contribution is 2.05.